The number of carbonyl (C=O) groups is 2. The summed E-state index contributed by atoms with van der Waals surface area (Å²) in [7, 11) is 0. The molecule has 1 aliphatic heterocycles. The smallest absolute Gasteiger partial charge is 0.270 e. The summed E-state index contributed by atoms with van der Waals surface area (Å²) >= 11 is 1.34. The van der Waals surface area contributed by atoms with Crippen LogP contribution in [0.5, 0.6) is 0 Å². The fourth-order valence-electron chi connectivity index (χ4n) is 4.52. The molecule has 1 N–H and O–H groups in total. The summed E-state index contributed by atoms with van der Waals surface area (Å²) < 4.78 is 1.91. The van der Waals surface area contributed by atoms with Crippen LogP contribution in [-0.4, -0.2) is 68.3 Å². The normalized spacial score (nSPS) is 14.4. The van der Waals surface area contributed by atoms with Gasteiger partial charge in [-0.3, -0.25) is 19.7 Å². The molecular formula is C27H33N7O4S. The highest BCUT2D eigenvalue weighted by Gasteiger charge is 2.27. The average Bonchev–Trinajstić information content (AvgIpc) is 3.37. The topological polar surface area (TPSA) is 127 Å². The zero-order valence-electron chi connectivity index (χ0n) is 22.3. The van der Waals surface area contributed by atoms with Gasteiger partial charge >= 0.3 is 0 Å². The Balaban J connectivity index is 1.39. The van der Waals surface area contributed by atoms with Gasteiger partial charge in [0.2, 0.25) is 5.91 Å². The van der Waals surface area contributed by atoms with Crippen molar-refractivity contribution in [1.82, 2.24) is 25.0 Å². The second-order valence-corrected chi connectivity index (χ2v) is 10.5. The monoisotopic (exact) mass is 551 g/mol. The second kappa shape index (κ2) is 12.7. The molecule has 1 atom stereocenters. The van der Waals surface area contributed by atoms with Crippen molar-refractivity contribution in [3.8, 4) is 0 Å². The number of nitro benzene ring substituents is 1. The van der Waals surface area contributed by atoms with Crippen molar-refractivity contribution in [2.45, 2.75) is 38.5 Å². The van der Waals surface area contributed by atoms with E-state index in [4.69, 9.17) is 0 Å². The lowest BCUT2D eigenvalue weighted by Crippen LogP contribution is -2.49. The Morgan fingerprint density at radius 2 is 1.77 bits per heavy atom. The fourth-order valence-corrected chi connectivity index (χ4v) is 5.43. The summed E-state index contributed by atoms with van der Waals surface area (Å²) in [5, 5.41) is 23.4. The molecule has 0 spiro atoms. The van der Waals surface area contributed by atoms with Gasteiger partial charge in [-0.15, -0.1) is 10.2 Å². The van der Waals surface area contributed by atoms with E-state index in [0.717, 1.165) is 13.1 Å². The molecule has 2 amide bonds. The lowest BCUT2D eigenvalue weighted by molar-refractivity contribution is -0.384. The first kappa shape index (κ1) is 28.1. The molecule has 206 valence electrons. The summed E-state index contributed by atoms with van der Waals surface area (Å²) in [4.78, 5) is 40.7. The molecular weight excluding hydrogens is 518 g/mol. The van der Waals surface area contributed by atoms with Gasteiger partial charge < -0.3 is 19.7 Å². The second-order valence-electron chi connectivity index (χ2n) is 9.58. The number of thioether (sulfide) groups is 1. The molecule has 1 fully saturated rings. The predicted octanol–water partition coefficient (Wildman–Crippen LogP) is 3.77. The predicted molar refractivity (Wildman–Crippen MR) is 150 cm³/mol. The molecule has 2 aromatic carbocycles. The number of nitrogens with one attached hydrogen (secondary N) is 1. The van der Waals surface area contributed by atoms with Crippen molar-refractivity contribution < 1.29 is 14.5 Å². The highest BCUT2D eigenvalue weighted by Crippen LogP contribution is 2.26. The molecule has 11 nitrogen and oxygen atoms in total. The van der Waals surface area contributed by atoms with Crippen molar-refractivity contribution in [3.05, 3.63) is 76.1 Å². The van der Waals surface area contributed by atoms with Gasteiger partial charge in [0.05, 0.1) is 16.7 Å². The van der Waals surface area contributed by atoms with E-state index in [1.807, 2.05) is 48.4 Å². The number of hydrogen-bond acceptors (Lipinski definition) is 8. The van der Waals surface area contributed by atoms with Crippen molar-refractivity contribution in [1.29, 1.82) is 0 Å². The van der Waals surface area contributed by atoms with E-state index < -0.39 is 16.9 Å². The Hall–Kier alpha value is -3.93. The maximum atomic E-state index is 13.0. The number of nitrogens with zero attached hydrogens (tertiary/aromatic N) is 6. The van der Waals surface area contributed by atoms with Gasteiger partial charge in [-0.05, 0) is 31.0 Å². The largest absolute Gasteiger partial charge is 0.368 e. The highest BCUT2D eigenvalue weighted by atomic mass is 32.2. The Kier molecular flexibility index (Phi) is 9.18. The van der Waals surface area contributed by atoms with Crippen LogP contribution in [0.2, 0.25) is 0 Å². The maximum absolute atomic E-state index is 13.0. The quantitative estimate of drug-likeness (QED) is 0.229. The van der Waals surface area contributed by atoms with Gasteiger partial charge in [0.15, 0.2) is 11.0 Å². The molecule has 1 aliphatic rings. The SMILES string of the molecule is CCn1c(SCC(=O)N2CCN(c3ccccc3)CC2)nnc1[C@H](NC(=O)c1cccc([N+](=O)[O-])c1)C(C)C. The molecule has 0 radical (unpaired) electrons. The van der Waals surface area contributed by atoms with Crippen molar-refractivity contribution in [2.75, 3.05) is 36.8 Å². The number of rotatable bonds is 10. The Labute approximate surface area is 231 Å². The van der Waals surface area contributed by atoms with Crippen LogP contribution in [0.1, 0.15) is 43.0 Å². The zero-order valence-corrected chi connectivity index (χ0v) is 23.1. The summed E-state index contributed by atoms with van der Waals surface area (Å²) in [6.45, 7) is 9.34. The van der Waals surface area contributed by atoms with Gasteiger partial charge in [0.1, 0.15) is 0 Å². The van der Waals surface area contributed by atoms with Crippen molar-refractivity contribution in [3.63, 3.8) is 0 Å². The summed E-state index contributed by atoms with van der Waals surface area (Å²) in [6, 6.07) is 15.3. The Bertz CT molecular complexity index is 1310. The third kappa shape index (κ3) is 6.75. The van der Waals surface area contributed by atoms with E-state index in [9.17, 15) is 19.7 Å². The first-order valence-corrected chi connectivity index (χ1v) is 14.0. The molecule has 1 aromatic heterocycles. The maximum Gasteiger partial charge on any atom is 0.270 e. The van der Waals surface area contributed by atoms with Gasteiger partial charge in [0.25, 0.3) is 11.6 Å². The van der Waals surface area contributed by atoms with Crippen LogP contribution in [0.15, 0.2) is 59.8 Å². The molecule has 3 aromatic rings. The lowest BCUT2D eigenvalue weighted by Gasteiger charge is -2.36. The third-order valence-electron chi connectivity index (χ3n) is 6.69. The van der Waals surface area contributed by atoms with E-state index in [-0.39, 0.29) is 28.8 Å². The van der Waals surface area contributed by atoms with Crippen LogP contribution >= 0.6 is 11.8 Å². The van der Waals surface area contributed by atoms with Crippen molar-refractivity contribution >= 4 is 35.0 Å². The van der Waals surface area contributed by atoms with Gasteiger partial charge in [0, 0.05) is 56.1 Å². The number of piperazine rings is 1. The van der Waals surface area contributed by atoms with Gasteiger partial charge in [-0.2, -0.15) is 0 Å². The third-order valence-corrected chi connectivity index (χ3v) is 7.64. The lowest BCUT2D eigenvalue weighted by atomic mass is 10.0. The first-order valence-electron chi connectivity index (χ1n) is 13.0. The zero-order chi connectivity index (χ0) is 27.9. The number of hydrogen-bond donors (Lipinski definition) is 1. The number of anilines is 1. The molecule has 2 heterocycles. The van der Waals surface area contributed by atoms with E-state index in [0.29, 0.717) is 30.6 Å². The number of amides is 2. The van der Waals surface area contributed by atoms with Crippen LogP contribution in [0.3, 0.4) is 0 Å². The minimum atomic E-state index is -0.529. The standard InChI is InChI=1S/C27H33N7O4S/c1-4-33-25(24(19(2)3)28-26(36)20-9-8-12-22(17-20)34(37)38)29-30-27(33)39-18-23(35)32-15-13-31(14-16-32)21-10-6-5-7-11-21/h5-12,17,19,24H,4,13-16,18H2,1-3H3,(H,28,36)/t24-/m1/s1. The minimum Gasteiger partial charge on any atom is -0.368 e. The van der Waals surface area contributed by atoms with Crippen LogP contribution in [0.4, 0.5) is 11.4 Å². The number of aromatic nitrogens is 3. The Morgan fingerprint density at radius 3 is 2.41 bits per heavy atom. The summed E-state index contributed by atoms with van der Waals surface area (Å²) in [6.07, 6.45) is 0. The Morgan fingerprint density at radius 1 is 1.05 bits per heavy atom. The molecule has 4 rings (SSSR count). The van der Waals surface area contributed by atoms with E-state index in [1.165, 1.54) is 41.7 Å². The van der Waals surface area contributed by atoms with E-state index in [2.05, 4.69) is 32.5 Å². The molecule has 0 saturated carbocycles. The summed E-state index contributed by atoms with van der Waals surface area (Å²) in [5.74, 6) is 0.428. The first-order chi connectivity index (χ1) is 18.8. The number of non-ortho nitro benzene ring substituents is 1. The van der Waals surface area contributed by atoms with Gasteiger partial charge in [-0.25, -0.2) is 0 Å². The molecule has 0 unspecified atom stereocenters. The molecule has 1 saturated heterocycles. The van der Waals surface area contributed by atoms with E-state index in [1.54, 1.807) is 0 Å². The number of carbonyl (C=O) groups excluding carboxylic acids is 2. The van der Waals surface area contributed by atoms with Crippen LogP contribution in [0, 0.1) is 16.0 Å². The minimum absolute atomic E-state index is 0.0254. The molecule has 0 aliphatic carbocycles. The number of nitro groups is 1. The molecule has 39 heavy (non-hydrogen) atoms. The number of benzene rings is 2. The molecule has 12 heteroatoms. The van der Waals surface area contributed by atoms with Crippen LogP contribution in [0.25, 0.3) is 0 Å². The van der Waals surface area contributed by atoms with Gasteiger partial charge in [-0.1, -0.05) is 49.9 Å². The van der Waals surface area contributed by atoms with E-state index >= 15 is 0 Å². The van der Waals surface area contributed by atoms with Crippen LogP contribution < -0.4 is 10.2 Å². The summed E-state index contributed by atoms with van der Waals surface area (Å²) in [5.41, 5.74) is 1.22. The molecule has 0 bridgehead atoms. The fraction of sp³-hybridized carbons (Fsp3) is 0.407. The average molecular weight is 552 g/mol. The number of para-hydroxylation sites is 1. The highest BCUT2D eigenvalue weighted by molar-refractivity contribution is 7.99. The van der Waals surface area contributed by atoms with Crippen LogP contribution in [-0.2, 0) is 11.3 Å². The van der Waals surface area contributed by atoms with Crippen molar-refractivity contribution in [2.24, 2.45) is 5.92 Å².